The minimum absolute atomic E-state index is 0.0457. The van der Waals surface area contributed by atoms with Gasteiger partial charge in [0.1, 0.15) is 5.75 Å². The van der Waals surface area contributed by atoms with Gasteiger partial charge in [0, 0.05) is 24.5 Å². The van der Waals surface area contributed by atoms with Crippen LogP contribution in [0.2, 0.25) is 0 Å². The number of halogens is 2. The van der Waals surface area contributed by atoms with E-state index in [1.165, 1.54) is 11.6 Å². The number of piperidine rings is 1. The van der Waals surface area contributed by atoms with E-state index in [0.717, 1.165) is 6.54 Å². The Labute approximate surface area is 163 Å². The number of hydrogen-bond donors (Lipinski definition) is 0. The average Bonchev–Trinajstić information content (AvgIpc) is 2.68. The van der Waals surface area contributed by atoms with Crippen LogP contribution in [0, 0.1) is 5.92 Å². The lowest BCUT2D eigenvalue weighted by molar-refractivity contribution is -0.0873. The molecule has 2 aliphatic heterocycles. The summed E-state index contributed by atoms with van der Waals surface area (Å²) in [5.74, 6) is -0.378. The van der Waals surface area contributed by atoms with Crippen molar-refractivity contribution in [2.24, 2.45) is 5.92 Å². The quantitative estimate of drug-likeness (QED) is 0.698. The van der Waals surface area contributed by atoms with Gasteiger partial charge in [-0.05, 0) is 30.5 Å². The fourth-order valence-corrected chi connectivity index (χ4v) is 4.35. The van der Waals surface area contributed by atoms with Gasteiger partial charge < -0.3 is 9.47 Å². The number of Topliss-reactive ketones (excluding diaryl/α,β-unsaturated/α-hetero) is 1. The molecule has 2 aromatic rings. The SMILES string of the molecule is O=C(c1ccccc1OC(F)F)C1CC2COCC(C1)N2Cc1ccccc1. The Balaban J connectivity index is 1.51. The molecule has 2 aliphatic rings. The first-order valence-electron chi connectivity index (χ1n) is 9.57. The second-order valence-electron chi connectivity index (χ2n) is 7.41. The second kappa shape index (κ2) is 8.37. The standard InChI is InChI=1S/C22H23F2NO3/c23-22(24)28-20-9-5-4-8-19(20)21(26)16-10-17-13-27-14-18(11-16)25(17)12-15-6-2-1-3-7-15/h1-9,16-18,22H,10-14H2. The maximum Gasteiger partial charge on any atom is 0.387 e. The van der Waals surface area contributed by atoms with E-state index in [1.54, 1.807) is 18.2 Å². The lowest BCUT2D eigenvalue weighted by atomic mass is 9.80. The third kappa shape index (κ3) is 4.08. The molecular weight excluding hydrogens is 364 g/mol. The van der Waals surface area contributed by atoms with Gasteiger partial charge >= 0.3 is 6.61 Å². The lowest BCUT2D eigenvalue weighted by Crippen LogP contribution is -2.57. The van der Waals surface area contributed by atoms with E-state index in [4.69, 9.17) is 4.74 Å². The third-order valence-electron chi connectivity index (χ3n) is 5.62. The van der Waals surface area contributed by atoms with Crippen molar-refractivity contribution in [3.05, 3.63) is 65.7 Å². The molecule has 0 saturated carbocycles. The Kier molecular flexibility index (Phi) is 5.69. The Morgan fingerprint density at radius 2 is 1.68 bits per heavy atom. The minimum atomic E-state index is -2.95. The fourth-order valence-electron chi connectivity index (χ4n) is 4.35. The Hall–Kier alpha value is -2.31. The molecule has 2 aromatic carbocycles. The number of carbonyl (C=O) groups excluding carboxylic acids is 1. The summed E-state index contributed by atoms with van der Waals surface area (Å²) in [6.07, 6.45) is 1.32. The first kappa shape index (κ1) is 19.0. The minimum Gasteiger partial charge on any atom is -0.434 e. The number of para-hydroxylation sites is 1. The number of morpholine rings is 1. The third-order valence-corrected chi connectivity index (χ3v) is 5.62. The molecule has 0 aromatic heterocycles. The summed E-state index contributed by atoms with van der Waals surface area (Å²) in [6.45, 7) is -0.953. The van der Waals surface area contributed by atoms with Crippen LogP contribution in [-0.4, -0.2) is 42.6 Å². The van der Waals surface area contributed by atoms with Gasteiger partial charge in [0.2, 0.25) is 0 Å². The molecule has 148 valence electrons. The van der Waals surface area contributed by atoms with Crippen LogP contribution in [0.4, 0.5) is 8.78 Å². The number of rotatable bonds is 6. The summed E-state index contributed by atoms with van der Waals surface area (Å²) in [6, 6.07) is 16.8. The summed E-state index contributed by atoms with van der Waals surface area (Å²) < 4.78 is 35.7. The number of ether oxygens (including phenoxy) is 2. The van der Waals surface area contributed by atoms with Crippen LogP contribution < -0.4 is 4.74 Å². The highest BCUT2D eigenvalue weighted by atomic mass is 19.3. The van der Waals surface area contributed by atoms with Gasteiger partial charge in [-0.15, -0.1) is 0 Å². The van der Waals surface area contributed by atoms with E-state index in [2.05, 4.69) is 21.8 Å². The molecule has 2 saturated heterocycles. The molecule has 0 radical (unpaired) electrons. The molecule has 0 N–H and O–H groups in total. The molecule has 6 heteroatoms. The van der Waals surface area contributed by atoms with Crippen LogP contribution in [0.1, 0.15) is 28.8 Å². The average molecular weight is 387 g/mol. The van der Waals surface area contributed by atoms with Crippen LogP contribution >= 0.6 is 0 Å². The number of nitrogens with zero attached hydrogens (tertiary/aromatic N) is 1. The summed E-state index contributed by atoms with van der Waals surface area (Å²) in [5.41, 5.74) is 1.48. The molecule has 0 aliphatic carbocycles. The van der Waals surface area contributed by atoms with Gasteiger partial charge in [-0.25, -0.2) is 0 Å². The fraction of sp³-hybridized carbons (Fsp3) is 0.409. The van der Waals surface area contributed by atoms with Crippen molar-refractivity contribution < 1.29 is 23.0 Å². The number of fused-ring (bicyclic) bond motifs is 2. The zero-order valence-corrected chi connectivity index (χ0v) is 15.5. The smallest absolute Gasteiger partial charge is 0.387 e. The van der Waals surface area contributed by atoms with Gasteiger partial charge in [-0.3, -0.25) is 9.69 Å². The summed E-state index contributed by atoms with van der Waals surface area (Å²) in [7, 11) is 0. The monoisotopic (exact) mass is 387 g/mol. The van der Waals surface area contributed by atoms with Crippen molar-refractivity contribution >= 4 is 5.78 Å². The number of alkyl halides is 2. The highest BCUT2D eigenvalue weighted by Crippen LogP contribution is 2.36. The van der Waals surface area contributed by atoms with E-state index in [9.17, 15) is 13.6 Å². The van der Waals surface area contributed by atoms with Gasteiger partial charge in [0.05, 0.1) is 18.8 Å². The van der Waals surface area contributed by atoms with Crippen molar-refractivity contribution in [2.75, 3.05) is 13.2 Å². The number of hydrogen-bond acceptors (Lipinski definition) is 4. The Morgan fingerprint density at radius 3 is 2.36 bits per heavy atom. The Morgan fingerprint density at radius 1 is 1.04 bits per heavy atom. The van der Waals surface area contributed by atoms with Crippen molar-refractivity contribution in [3.8, 4) is 5.75 Å². The molecule has 2 heterocycles. The Bertz CT molecular complexity index is 800. The maximum absolute atomic E-state index is 13.1. The predicted molar refractivity (Wildman–Crippen MR) is 101 cm³/mol. The highest BCUT2D eigenvalue weighted by Gasteiger charge is 2.41. The molecule has 2 atom stereocenters. The van der Waals surface area contributed by atoms with Crippen molar-refractivity contribution in [2.45, 2.75) is 38.1 Å². The number of benzene rings is 2. The molecule has 2 bridgehead atoms. The number of ketones is 1. The molecule has 4 rings (SSSR count). The van der Waals surface area contributed by atoms with Crippen LogP contribution in [-0.2, 0) is 11.3 Å². The summed E-state index contributed by atoms with van der Waals surface area (Å²) in [4.78, 5) is 15.5. The first-order valence-corrected chi connectivity index (χ1v) is 9.57. The second-order valence-corrected chi connectivity index (χ2v) is 7.41. The summed E-state index contributed by atoms with van der Waals surface area (Å²) >= 11 is 0. The van der Waals surface area contributed by atoms with Crippen LogP contribution in [0.15, 0.2) is 54.6 Å². The molecule has 0 spiro atoms. The van der Waals surface area contributed by atoms with Gasteiger partial charge in [0.15, 0.2) is 5.78 Å². The molecule has 0 amide bonds. The molecule has 2 fully saturated rings. The van der Waals surface area contributed by atoms with Crippen LogP contribution in [0.3, 0.4) is 0 Å². The highest BCUT2D eigenvalue weighted by molar-refractivity contribution is 6.00. The van der Waals surface area contributed by atoms with Crippen LogP contribution in [0.25, 0.3) is 0 Å². The van der Waals surface area contributed by atoms with E-state index in [1.807, 2.05) is 18.2 Å². The van der Waals surface area contributed by atoms with E-state index < -0.39 is 6.61 Å². The lowest BCUT2D eigenvalue weighted by Gasteiger charge is -2.48. The van der Waals surface area contributed by atoms with Gasteiger partial charge in [-0.1, -0.05) is 42.5 Å². The normalized spacial score (nSPS) is 24.9. The molecule has 28 heavy (non-hydrogen) atoms. The van der Waals surface area contributed by atoms with Gasteiger partial charge in [0.25, 0.3) is 0 Å². The first-order chi connectivity index (χ1) is 13.6. The van der Waals surface area contributed by atoms with Crippen molar-refractivity contribution in [3.63, 3.8) is 0 Å². The number of carbonyl (C=O) groups is 1. The van der Waals surface area contributed by atoms with Gasteiger partial charge in [-0.2, -0.15) is 8.78 Å². The van der Waals surface area contributed by atoms with Crippen LogP contribution in [0.5, 0.6) is 5.75 Å². The van der Waals surface area contributed by atoms with Crippen molar-refractivity contribution in [1.82, 2.24) is 4.90 Å². The predicted octanol–water partition coefficient (Wildman–Crippen LogP) is 4.15. The molecule has 4 nitrogen and oxygen atoms in total. The molecule has 2 unspecified atom stereocenters. The maximum atomic E-state index is 13.1. The molecular formula is C22H23F2NO3. The topological polar surface area (TPSA) is 38.8 Å². The zero-order chi connectivity index (χ0) is 19.5. The van der Waals surface area contributed by atoms with Crippen molar-refractivity contribution in [1.29, 1.82) is 0 Å². The van der Waals surface area contributed by atoms with E-state index in [0.29, 0.717) is 26.1 Å². The zero-order valence-electron chi connectivity index (χ0n) is 15.5. The van der Waals surface area contributed by atoms with E-state index >= 15 is 0 Å². The summed E-state index contributed by atoms with van der Waals surface area (Å²) in [5, 5.41) is 0. The largest absolute Gasteiger partial charge is 0.434 e. The van der Waals surface area contributed by atoms with E-state index in [-0.39, 0.29) is 35.1 Å².